The fraction of sp³-hybridized carbons (Fsp3) is 0.857. The molecule has 0 heterocycles. The number of carboxylic acids is 1. The van der Waals surface area contributed by atoms with Crippen molar-refractivity contribution in [1.82, 2.24) is 0 Å². The van der Waals surface area contributed by atoms with Crippen molar-refractivity contribution < 1.29 is 15.0 Å². The van der Waals surface area contributed by atoms with Gasteiger partial charge < -0.3 is 10.2 Å². The average molecular weight is 181 g/mol. The summed E-state index contributed by atoms with van der Waals surface area (Å²) in [7, 11) is 0. The lowest BCUT2D eigenvalue weighted by atomic mass is 9.89. The molecule has 0 spiro atoms. The van der Waals surface area contributed by atoms with Gasteiger partial charge >= 0.3 is 5.97 Å². The van der Waals surface area contributed by atoms with Crippen molar-refractivity contribution >= 4 is 17.6 Å². The second-order valence-electron chi connectivity index (χ2n) is 3.15. The maximum absolute atomic E-state index is 10.5. The summed E-state index contributed by atoms with van der Waals surface area (Å²) in [5, 5.41) is 17.4. The maximum atomic E-state index is 10.5. The van der Waals surface area contributed by atoms with Gasteiger partial charge in [0.05, 0.1) is 5.60 Å². The molecule has 0 aromatic rings. The van der Waals surface area contributed by atoms with E-state index in [1.807, 2.05) is 0 Å². The molecule has 0 aliphatic heterocycles. The Morgan fingerprint density at radius 3 is 1.91 bits per heavy atom. The number of halogens is 1. The van der Waals surface area contributed by atoms with Gasteiger partial charge in [-0.05, 0) is 20.8 Å². The SMILES string of the molecule is CC(Cl)C(C(=O)O)C(C)(C)O. The Bertz CT molecular complexity index is 148. The van der Waals surface area contributed by atoms with Crippen molar-refractivity contribution in [2.45, 2.75) is 31.7 Å². The molecule has 0 radical (unpaired) electrons. The molecule has 0 saturated heterocycles. The summed E-state index contributed by atoms with van der Waals surface area (Å²) in [5.74, 6) is -2.00. The molecule has 0 rings (SSSR count). The molecule has 2 unspecified atom stereocenters. The molecule has 4 heteroatoms. The van der Waals surface area contributed by atoms with Crippen molar-refractivity contribution in [1.29, 1.82) is 0 Å². The highest BCUT2D eigenvalue weighted by Gasteiger charge is 2.36. The van der Waals surface area contributed by atoms with Crippen LogP contribution in [0.4, 0.5) is 0 Å². The normalized spacial score (nSPS) is 17.5. The van der Waals surface area contributed by atoms with Crippen molar-refractivity contribution in [3.8, 4) is 0 Å². The van der Waals surface area contributed by atoms with Crippen LogP contribution in [0.1, 0.15) is 20.8 Å². The zero-order valence-corrected chi connectivity index (χ0v) is 7.59. The average Bonchev–Trinajstić information content (AvgIpc) is 1.54. The van der Waals surface area contributed by atoms with Gasteiger partial charge in [0.25, 0.3) is 0 Å². The van der Waals surface area contributed by atoms with Gasteiger partial charge in [-0.2, -0.15) is 0 Å². The lowest BCUT2D eigenvalue weighted by molar-refractivity contribution is -0.149. The fourth-order valence-corrected chi connectivity index (χ4v) is 1.48. The zero-order chi connectivity index (χ0) is 9.23. The molecule has 0 bridgehead atoms. The molecule has 2 atom stereocenters. The Balaban J connectivity index is 4.49. The number of aliphatic carboxylic acids is 1. The molecule has 0 saturated carbocycles. The third-order valence-corrected chi connectivity index (χ3v) is 1.74. The van der Waals surface area contributed by atoms with E-state index in [1.165, 1.54) is 13.8 Å². The second-order valence-corrected chi connectivity index (χ2v) is 3.84. The van der Waals surface area contributed by atoms with E-state index in [0.29, 0.717) is 0 Å². The molecular formula is C7H13ClO3. The second kappa shape index (κ2) is 3.41. The van der Waals surface area contributed by atoms with Gasteiger partial charge in [0.1, 0.15) is 5.92 Å². The Morgan fingerprint density at radius 2 is 1.91 bits per heavy atom. The molecule has 2 N–H and O–H groups in total. The first-order valence-electron chi connectivity index (χ1n) is 3.36. The predicted molar refractivity (Wildman–Crippen MR) is 42.7 cm³/mol. The highest BCUT2D eigenvalue weighted by atomic mass is 35.5. The van der Waals surface area contributed by atoms with Gasteiger partial charge in [-0.25, -0.2) is 0 Å². The Morgan fingerprint density at radius 1 is 1.55 bits per heavy atom. The summed E-state index contributed by atoms with van der Waals surface area (Å²) >= 11 is 5.58. The van der Waals surface area contributed by atoms with Crippen molar-refractivity contribution in [2.24, 2.45) is 5.92 Å². The third kappa shape index (κ3) is 3.08. The quantitative estimate of drug-likeness (QED) is 0.640. The highest BCUT2D eigenvalue weighted by molar-refractivity contribution is 6.21. The summed E-state index contributed by atoms with van der Waals surface area (Å²) in [5.41, 5.74) is -1.27. The van der Waals surface area contributed by atoms with Crippen LogP contribution in [0.2, 0.25) is 0 Å². The van der Waals surface area contributed by atoms with Gasteiger partial charge in [-0.15, -0.1) is 11.6 Å². The molecule has 0 fully saturated rings. The fourth-order valence-electron chi connectivity index (χ4n) is 1.06. The maximum Gasteiger partial charge on any atom is 0.310 e. The zero-order valence-electron chi connectivity index (χ0n) is 6.84. The summed E-state index contributed by atoms with van der Waals surface area (Å²) in [6.07, 6.45) is 0. The van der Waals surface area contributed by atoms with Crippen LogP contribution in [-0.4, -0.2) is 27.2 Å². The molecule has 0 amide bonds. The first-order valence-corrected chi connectivity index (χ1v) is 3.79. The van der Waals surface area contributed by atoms with E-state index in [1.54, 1.807) is 6.92 Å². The van der Waals surface area contributed by atoms with Gasteiger partial charge in [0, 0.05) is 5.38 Å². The number of aliphatic hydroxyl groups is 1. The summed E-state index contributed by atoms with van der Waals surface area (Å²) in [4.78, 5) is 10.5. The van der Waals surface area contributed by atoms with Crippen LogP contribution in [0.3, 0.4) is 0 Å². The third-order valence-electron chi connectivity index (χ3n) is 1.49. The number of hydrogen-bond acceptors (Lipinski definition) is 2. The van der Waals surface area contributed by atoms with Gasteiger partial charge in [0.2, 0.25) is 0 Å². The van der Waals surface area contributed by atoms with E-state index >= 15 is 0 Å². The van der Waals surface area contributed by atoms with Crippen molar-refractivity contribution in [3.63, 3.8) is 0 Å². The molecule has 0 aromatic carbocycles. The molecule has 0 aliphatic rings. The van der Waals surface area contributed by atoms with Gasteiger partial charge in [-0.1, -0.05) is 0 Å². The minimum absolute atomic E-state index is 0.576. The number of carboxylic acid groups (broad SMARTS) is 1. The van der Waals surface area contributed by atoms with E-state index in [4.69, 9.17) is 16.7 Å². The van der Waals surface area contributed by atoms with Crippen LogP contribution >= 0.6 is 11.6 Å². The Labute approximate surface area is 71.0 Å². The van der Waals surface area contributed by atoms with E-state index in [9.17, 15) is 9.90 Å². The number of alkyl halides is 1. The predicted octanol–water partition coefficient (Wildman–Crippen LogP) is 1.09. The van der Waals surface area contributed by atoms with Crippen LogP contribution < -0.4 is 0 Å². The van der Waals surface area contributed by atoms with E-state index in [2.05, 4.69) is 0 Å². The van der Waals surface area contributed by atoms with Crippen molar-refractivity contribution in [2.75, 3.05) is 0 Å². The minimum atomic E-state index is -1.27. The first kappa shape index (κ1) is 10.7. The van der Waals surface area contributed by atoms with Crippen LogP contribution in [0, 0.1) is 5.92 Å². The van der Waals surface area contributed by atoms with Gasteiger partial charge in [-0.3, -0.25) is 4.79 Å². The number of hydrogen-bond donors (Lipinski definition) is 2. The Hall–Kier alpha value is -0.280. The molecule has 66 valence electrons. The molecule has 11 heavy (non-hydrogen) atoms. The first-order chi connectivity index (χ1) is 4.76. The van der Waals surface area contributed by atoms with Crippen molar-refractivity contribution in [3.05, 3.63) is 0 Å². The van der Waals surface area contributed by atoms with Crippen LogP contribution in [-0.2, 0) is 4.79 Å². The highest BCUT2D eigenvalue weighted by Crippen LogP contribution is 2.23. The van der Waals surface area contributed by atoms with E-state index in [-0.39, 0.29) is 0 Å². The standard InChI is InChI=1S/C7H13ClO3/c1-4(8)5(6(9)10)7(2,3)11/h4-5,11H,1-3H3,(H,9,10). The van der Waals surface area contributed by atoms with Crippen LogP contribution in [0.15, 0.2) is 0 Å². The molecule has 3 nitrogen and oxygen atoms in total. The lowest BCUT2D eigenvalue weighted by Crippen LogP contribution is -2.41. The summed E-state index contributed by atoms with van der Waals surface area (Å²) in [6.45, 7) is 4.42. The molecular weight excluding hydrogens is 168 g/mol. The number of rotatable bonds is 3. The lowest BCUT2D eigenvalue weighted by Gasteiger charge is -2.27. The smallest absolute Gasteiger partial charge is 0.310 e. The van der Waals surface area contributed by atoms with E-state index in [0.717, 1.165) is 0 Å². The molecule has 0 aliphatic carbocycles. The number of carbonyl (C=O) groups is 1. The monoisotopic (exact) mass is 180 g/mol. The topological polar surface area (TPSA) is 57.5 Å². The van der Waals surface area contributed by atoms with Crippen LogP contribution in [0.25, 0.3) is 0 Å². The van der Waals surface area contributed by atoms with Crippen LogP contribution in [0.5, 0.6) is 0 Å². The Kier molecular flexibility index (Phi) is 3.32. The largest absolute Gasteiger partial charge is 0.481 e. The van der Waals surface area contributed by atoms with E-state index < -0.39 is 22.9 Å². The minimum Gasteiger partial charge on any atom is -0.481 e. The summed E-state index contributed by atoms with van der Waals surface area (Å²) in [6, 6.07) is 0. The summed E-state index contributed by atoms with van der Waals surface area (Å²) < 4.78 is 0. The van der Waals surface area contributed by atoms with Gasteiger partial charge in [0.15, 0.2) is 0 Å². The molecule has 0 aromatic heterocycles.